The number of aromatic nitrogens is 2. The molecule has 110 valence electrons. The zero-order chi connectivity index (χ0) is 14.8. The molecular weight excluding hydrogens is 271 g/mol. The summed E-state index contributed by atoms with van der Waals surface area (Å²) >= 11 is 0. The molecule has 4 nitrogen and oxygen atoms in total. The Morgan fingerprint density at radius 1 is 1.33 bits per heavy atom. The van der Waals surface area contributed by atoms with Gasteiger partial charge in [0.15, 0.2) is 0 Å². The van der Waals surface area contributed by atoms with Crippen molar-refractivity contribution < 1.29 is 9.50 Å². The van der Waals surface area contributed by atoms with Crippen molar-refractivity contribution in [2.45, 2.75) is 38.0 Å². The van der Waals surface area contributed by atoms with Crippen molar-refractivity contribution in [1.29, 1.82) is 0 Å². The summed E-state index contributed by atoms with van der Waals surface area (Å²) in [7, 11) is 0. The standard InChI is InChI=1S/C16H17FN2O2/c17-12-7-3-4-10(8-12)9-13-18-15(20)14(16(21)19-13)11-5-1-2-6-11/h3-4,7-8,11H,1-2,5-6,9H2,(H2,18,19,20,21). The summed E-state index contributed by atoms with van der Waals surface area (Å²) in [4.78, 5) is 19.0. The average molecular weight is 288 g/mol. The lowest BCUT2D eigenvalue weighted by atomic mass is 10.00. The summed E-state index contributed by atoms with van der Waals surface area (Å²) in [6.45, 7) is 0. The molecule has 2 N–H and O–H groups in total. The van der Waals surface area contributed by atoms with Gasteiger partial charge in [-0.1, -0.05) is 25.0 Å². The van der Waals surface area contributed by atoms with Crippen LogP contribution in [0.4, 0.5) is 4.39 Å². The third-order valence-electron chi connectivity index (χ3n) is 4.01. The molecule has 2 aromatic rings. The maximum atomic E-state index is 13.2. The molecule has 0 aliphatic heterocycles. The van der Waals surface area contributed by atoms with Crippen molar-refractivity contribution >= 4 is 0 Å². The van der Waals surface area contributed by atoms with Gasteiger partial charge in [0.2, 0.25) is 5.88 Å². The van der Waals surface area contributed by atoms with E-state index in [1.165, 1.54) is 12.1 Å². The number of benzene rings is 1. The number of rotatable bonds is 3. The van der Waals surface area contributed by atoms with Crippen LogP contribution in [0.2, 0.25) is 0 Å². The van der Waals surface area contributed by atoms with Crippen molar-refractivity contribution in [3.63, 3.8) is 0 Å². The Morgan fingerprint density at radius 3 is 2.76 bits per heavy atom. The molecule has 0 amide bonds. The molecule has 0 unspecified atom stereocenters. The Labute approximate surface area is 121 Å². The molecule has 21 heavy (non-hydrogen) atoms. The zero-order valence-electron chi connectivity index (χ0n) is 11.6. The molecule has 3 rings (SSSR count). The first kappa shape index (κ1) is 13.8. The number of halogens is 1. The minimum atomic E-state index is -0.332. The van der Waals surface area contributed by atoms with Gasteiger partial charge in [0.05, 0.1) is 5.56 Å². The van der Waals surface area contributed by atoms with E-state index < -0.39 is 0 Å². The van der Waals surface area contributed by atoms with E-state index in [0.29, 0.717) is 17.0 Å². The molecule has 1 fully saturated rings. The maximum absolute atomic E-state index is 13.2. The molecule has 1 aromatic heterocycles. The fourth-order valence-corrected chi connectivity index (χ4v) is 3.02. The lowest BCUT2D eigenvalue weighted by Gasteiger charge is -2.11. The third-order valence-corrected chi connectivity index (χ3v) is 4.01. The molecule has 1 aliphatic rings. The van der Waals surface area contributed by atoms with Crippen molar-refractivity contribution in [2.24, 2.45) is 0 Å². The normalized spacial score (nSPS) is 15.5. The molecule has 1 aromatic carbocycles. The summed E-state index contributed by atoms with van der Waals surface area (Å²) < 4.78 is 13.2. The number of aromatic hydroxyl groups is 1. The summed E-state index contributed by atoms with van der Waals surface area (Å²) in [5, 5.41) is 10.1. The number of hydrogen-bond acceptors (Lipinski definition) is 3. The van der Waals surface area contributed by atoms with Gasteiger partial charge in [-0.2, -0.15) is 4.98 Å². The predicted octanol–water partition coefficient (Wildman–Crippen LogP) is 2.86. The van der Waals surface area contributed by atoms with Gasteiger partial charge in [0.25, 0.3) is 5.56 Å². The molecule has 0 radical (unpaired) electrons. The highest BCUT2D eigenvalue weighted by Gasteiger charge is 2.24. The average Bonchev–Trinajstić information content (AvgIpc) is 2.91. The van der Waals surface area contributed by atoms with Crippen molar-refractivity contribution in [2.75, 3.05) is 0 Å². The lowest BCUT2D eigenvalue weighted by molar-refractivity contribution is 0.432. The first-order valence-corrected chi connectivity index (χ1v) is 7.20. The van der Waals surface area contributed by atoms with E-state index in [2.05, 4.69) is 9.97 Å². The van der Waals surface area contributed by atoms with Gasteiger partial charge < -0.3 is 10.1 Å². The van der Waals surface area contributed by atoms with E-state index in [1.54, 1.807) is 12.1 Å². The second-order valence-corrected chi connectivity index (χ2v) is 5.54. The minimum Gasteiger partial charge on any atom is -0.493 e. The fraction of sp³-hybridized carbons (Fsp3) is 0.375. The second-order valence-electron chi connectivity index (χ2n) is 5.54. The SMILES string of the molecule is O=c1[nH]c(Cc2cccc(F)c2)nc(O)c1C1CCCC1. The van der Waals surface area contributed by atoms with Crippen molar-refractivity contribution in [1.82, 2.24) is 9.97 Å². The summed E-state index contributed by atoms with van der Waals surface area (Å²) in [5.41, 5.74) is 0.822. The number of aromatic amines is 1. The van der Waals surface area contributed by atoms with Crippen LogP contribution in [0.3, 0.4) is 0 Å². The van der Waals surface area contributed by atoms with Gasteiger partial charge >= 0.3 is 0 Å². The first-order chi connectivity index (χ1) is 10.1. The van der Waals surface area contributed by atoms with Crippen LogP contribution in [-0.4, -0.2) is 15.1 Å². The molecule has 1 aliphatic carbocycles. The number of H-pyrrole nitrogens is 1. The quantitative estimate of drug-likeness (QED) is 0.912. The van der Waals surface area contributed by atoms with Crippen LogP contribution < -0.4 is 5.56 Å². The molecule has 1 heterocycles. The van der Waals surface area contributed by atoms with Gasteiger partial charge in [-0.05, 0) is 36.5 Å². The molecular formula is C16H17FN2O2. The van der Waals surface area contributed by atoms with Gasteiger partial charge in [-0.3, -0.25) is 4.79 Å². The van der Waals surface area contributed by atoms with E-state index in [9.17, 15) is 14.3 Å². The molecule has 0 saturated heterocycles. The van der Waals surface area contributed by atoms with Gasteiger partial charge in [-0.15, -0.1) is 0 Å². The minimum absolute atomic E-state index is 0.101. The number of nitrogens with one attached hydrogen (secondary N) is 1. The Bertz CT molecular complexity index is 706. The molecule has 5 heteroatoms. The largest absolute Gasteiger partial charge is 0.493 e. The predicted molar refractivity (Wildman–Crippen MR) is 76.9 cm³/mol. The Morgan fingerprint density at radius 2 is 2.10 bits per heavy atom. The van der Waals surface area contributed by atoms with Crippen molar-refractivity contribution in [3.8, 4) is 5.88 Å². The van der Waals surface area contributed by atoms with E-state index in [1.807, 2.05) is 0 Å². The second kappa shape index (κ2) is 5.68. The van der Waals surface area contributed by atoms with Gasteiger partial charge in [0.1, 0.15) is 11.6 Å². The highest BCUT2D eigenvalue weighted by molar-refractivity contribution is 5.29. The number of hydrogen-bond donors (Lipinski definition) is 2. The van der Waals surface area contributed by atoms with Gasteiger partial charge in [0, 0.05) is 6.42 Å². The van der Waals surface area contributed by atoms with Gasteiger partial charge in [-0.25, -0.2) is 4.39 Å². The Balaban J connectivity index is 1.89. The topological polar surface area (TPSA) is 66.0 Å². The van der Waals surface area contributed by atoms with Crippen LogP contribution in [0.15, 0.2) is 29.1 Å². The zero-order valence-corrected chi connectivity index (χ0v) is 11.6. The molecule has 0 atom stereocenters. The van der Waals surface area contributed by atoms with Crippen LogP contribution in [0.1, 0.15) is 48.6 Å². The Kier molecular flexibility index (Phi) is 3.73. The van der Waals surface area contributed by atoms with Crippen LogP contribution in [0, 0.1) is 5.82 Å². The molecule has 0 bridgehead atoms. The number of nitrogens with zero attached hydrogens (tertiary/aromatic N) is 1. The third kappa shape index (κ3) is 2.96. The summed E-state index contributed by atoms with van der Waals surface area (Å²) in [6.07, 6.45) is 4.28. The lowest BCUT2D eigenvalue weighted by Crippen LogP contribution is -2.19. The smallest absolute Gasteiger partial charge is 0.258 e. The van der Waals surface area contributed by atoms with E-state index >= 15 is 0 Å². The highest BCUT2D eigenvalue weighted by Crippen LogP contribution is 2.35. The van der Waals surface area contributed by atoms with Crippen LogP contribution in [-0.2, 0) is 6.42 Å². The van der Waals surface area contributed by atoms with Crippen molar-refractivity contribution in [3.05, 3.63) is 57.4 Å². The van der Waals surface area contributed by atoms with E-state index in [0.717, 1.165) is 25.7 Å². The fourth-order valence-electron chi connectivity index (χ4n) is 3.02. The first-order valence-electron chi connectivity index (χ1n) is 7.20. The molecule has 1 saturated carbocycles. The van der Waals surface area contributed by atoms with Crippen LogP contribution in [0.25, 0.3) is 0 Å². The summed E-state index contributed by atoms with van der Waals surface area (Å²) in [6, 6.07) is 6.11. The van der Waals surface area contributed by atoms with Crippen LogP contribution >= 0.6 is 0 Å². The molecule has 0 spiro atoms. The van der Waals surface area contributed by atoms with Crippen LogP contribution in [0.5, 0.6) is 5.88 Å². The Hall–Kier alpha value is -2.17. The van der Waals surface area contributed by atoms with E-state index in [-0.39, 0.29) is 29.6 Å². The highest BCUT2D eigenvalue weighted by atomic mass is 19.1. The summed E-state index contributed by atoms with van der Waals surface area (Å²) in [5.74, 6) is -0.0620. The monoisotopic (exact) mass is 288 g/mol. The maximum Gasteiger partial charge on any atom is 0.258 e. The van der Waals surface area contributed by atoms with E-state index in [4.69, 9.17) is 0 Å².